The Balaban J connectivity index is 2.82. The van der Waals surface area contributed by atoms with Crippen LogP contribution in [0, 0.1) is 0 Å². The summed E-state index contributed by atoms with van der Waals surface area (Å²) in [5, 5.41) is 3.16. The molecule has 1 heterocycles. The Kier molecular flexibility index (Phi) is 5.84. The van der Waals surface area contributed by atoms with E-state index in [1.54, 1.807) is 4.90 Å². The van der Waals surface area contributed by atoms with Crippen LogP contribution in [-0.2, 0) is 4.74 Å². The lowest BCUT2D eigenvalue weighted by molar-refractivity contribution is 0.0264. The highest BCUT2D eigenvalue weighted by Gasteiger charge is 2.35. The van der Waals surface area contributed by atoms with Crippen LogP contribution in [-0.4, -0.2) is 48.1 Å². The summed E-state index contributed by atoms with van der Waals surface area (Å²) < 4.78 is 5.48. The summed E-state index contributed by atoms with van der Waals surface area (Å²) in [7, 11) is 1.87. The minimum Gasteiger partial charge on any atom is -0.444 e. The van der Waals surface area contributed by atoms with Gasteiger partial charge in [-0.15, -0.1) is 0 Å². The first-order valence-corrected chi connectivity index (χ1v) is 7.53. The van der Waals surface area contributed by atoms with Crippen molar-refractivity contribution in [2.75, 3.05) is 13.6 Å². The Labute approximate surface area is 122 Å². The number of hydrogen-bond donors (Lipinski definition) is 1. The summed E-state index contributed by atoms with van der Waals surface area (Å²) in [6.07, 6.45) is 2.68. The fourth-order valence-corrected chi connectivity index (χ4v) is 2.24. The zero-order valence-corrected chi connectivity index (χ0v) is 13.7. The van der Waals surface area contributed by atoms with Gasteiger partial charge < -0.3 is 10.1 Å². The van der Waals surface area contributed by atoms with Crippen molar-refractivity contribution in [2.45, 2.75) is 71.6 Å². The first-order valence-electron chi connectivity index (χ1n) is 7.53. The molecule has 0 aromatic carbocycles. The number of amidine groups is 1. The predicted octanol–water partition coefficient (Wildman–Crippen LogP) is 2.80. The van der Waals surface area contributed by atoms with Crippen LogP contribution in [0.3, 0.4) is 0 Å². The van der Waals surface area contributed by atoms with Crippen molar-refractivity contribution >= 4 is 11.9 Å². The van der Waals surface area contributed by atoms with Crippen molar-refractivity contribution in [3.8, 4) is 0 Å². The van der Waals surface area contributed by atoms with Crippen molar-refractivity contribution in [2.24, 2.45) is 4.99 Å². The molecule has 0 spiro atoms. The summed E-state index contributed by atoms with van der Waals surface area (Å²) in [6.45, 7) is 10.6. The third-order valence-electron chi connectivity index (χ3n) is 3.40. The van der Waals surface area contributed by atoms with E-state index in [1.165, 1.54) is 0 Å². The number of hydrogen-bond acceptors (Lipinski definition) is 3. The van der Waals surface area contributed by atoms with E-state index in [0.29, 0.717) is 0 Å². The minimum atomic E-state index is -0.460. The standard InChI is InChI=1S/C15H29N3O2/c1-7-11(2)17-13(16-6)12-9-8-10-18(12)14(19)20-15(3,4)5/h11-12H,7-10H2,1-6H3,(H,16,17)/t11?,12-/m0/s1. The molecule has 0 bridgehead atoms. The maximum absolute atomic E-state index is 12.3. The number of nitrogens with zero attached hydrogens (tertiary/aromatic N) is 2. The van der Waals surface area contributed by atoms with Crippen LogP contribution in [0.1, 0.15) is 53.9 Å². The number of carbonyl (C=O) groups is 1. The van der Waals surface area contributed by atoms with E-state index >= 15 is 0 Å². The van der Waals surface area contributed by atoms with Crippen molar-refractivity contribution in [1.29, 1.82) is 0 Å². The Morgan fingerprint density at radius 3 is 2.65 bits per heavy atom. The van der Waals surface area contributed by atoms with E-state index in [-0.39, 0.29) is 18.2 Å². The van der Waals surface area contributed by atoms with Crippen LogP contribution in [0.5, 0.6) is 0 Å². The average molecular weight is 283 g/mol. The van der Waals surface area contributed by atoms with E-state index in [2.05, 4.69) is 24.2 Å². The van der Waals surface area contributed by atoms with Crippen LogP contribution in [0.4, 0.5) is 4.79 Å². The summed E-state index contributed by atoms with van der Waals surface area (Å²) in [5.41, 5.74) is -0.460. The van der Waals surface area contributed by atoms with Gasteiger partial charge >= 0.3 is 6.09 Å². The van der Waals surface area contributed by atoms with Gasteiger partial charge in [-0.3, -0.25) is 9.89 Å². The number of likely N-dealkylation sites (tertiary alicyclic amines) is 1. The zero-order chi connectivity index (χ0) is 15.3. The predicted molar refractivity (Wildman–Crippen MR) is 82.2 cm³/mol. The molecule has 0 aromatic heterocycles. The number of nitrogens with one attached hydrogen (secondary N) is 1. The van der Waals surface area contributed by atoms with Gasteiger partial charge in [-0.25, -0.2) is 4.79 Å². The molecule has 5 nitrogen and oxygen atoms in total. The highest BCUT2D eigenvalue weighted by molar-refractivity contribution is 5.90. The summed E-state index contributed by atoms with van der Waals surface area (Å²) >= 11 is 0. The van der Waals surface area contributed by atoms with Crippen LogP contribution in [0.15, 0.2) is 4.99 Å². The van der Waals surface area contributed by atoms with Crippen LogP contribution < -0.4 is 5.32 Å². The normalized spacial score (nSPS) is 21.8. The zero-order valence-electron chi connectivity index (χ0n) is 13.7. The molecule has 0 aliphatic carbocycles. The fraction of sp³-hybridized carbons (Fsp3) is 0.867. The Hall–Kier alpha value is -1.26. The van der Waals surface area contributed by atoms with Gasteiger partial charge in [-0.05, 0) is 47.0 Å². The molecule has 0 aromatic rings. The van der Waals surface area contributed by atoms with Gasteiger partial charge in [0, 0.05) is 19.6 Å². The van der Waals surface area contributed by atoms with Crippen molar-refractivity contribution in [3.05, 3.63) is 0 Å². The number of rotatable bonds is 3. The molecule has 1 amide bonds. The second-order valence-corrected chi connectivity index (χ2v) is 6.35. The first kappa shape index (κ1) is 16.8. The van der Waals surface area contributed by atoms with Gasteiger partial charge in [-0.2, -0.15) is 0 Å². The molecule has 1 N–H and O–H groups in total. The molecule has 20 heavy (non-hydrogen) atoms. The minimum absolute atomic E-state index is 0.0175. The average Bonchev–Trinajstić information content (AvgIpc) is 2.82. The molecule has 1 unspecified atom stereocenters. The quantitative estimate of drug-likeness (QED) is 0.640. The number of amides is 1. The third-order valence-corrected chi connectivity index (χ3v) is 3.40. The summed E-state index contributed by atoms with van der Waals surface area (Å²) in [6, 6.07) is 0.280. The Morgan fingerprint density at radius 1 is 1.50 bits per heavy atom. The number of likely N-dealkylation sites (N-methyl/N-ethyl adjacent to an activating group) is 1. The topological polar surface area (TPSA) is 53.9 Å². The lowest BCUT2D eigenvalue weighted by atomic mass is 10.2. The monoisotopic (exact) mass is 283 g/mol. The maximum Gasteiger partial charge on any atom is 0.410 e. The molecule has 1 saturated heterocycles. The lowest BCUT2D eigenvalue weighted by Gasteiger charge is -2.29. The molecule has 1 fully saturated rings. The van der Waals surface area contributed by atoms with Crippen molar-refractivity contribution < 1.29 is 9.53 Å². The Bertz CT molecular complexity index is 361. The second-order valence-electron chi connectivity index (χ2n) is 6.35. The second kappa shape index (κ2) is 6.95. The Morgan fingerprint density at radius 2 is 2.15 bits per heavy atom. The third kappa shape index (κ3) is 4.69. The molecule has 1 aliphatic heterocycles. The molecule has 116 valence electrons. The van der Waals surface area contributed by atoms with Crippen LogP contribution >= 0.6 is 0 Å². The van der Waals surface area contributed by atoms with Crippen molar-refractivity contribution in [1.82, 2.24) is 10.2 Å². The largest absolute Gasteiger partial charge is 0.444 e. The van der Waals surface area contributed by atoms with E-state index in [1.807, 2.05) is 27.8 Å². The molecule has 0 saturated carbocycles. The number of aliphatic imine (C=N–C) groups is 1. The molecular weight excluding hydrogens is 254 g/mol. The lowest BCUT2D eigenvalue weighted by Crippen LogP contribution is -2.47. The molecule has 2 atom stereocenters. The maximum atomic E-state index is 12.3. The SMILES string of the molecule is CCC(C)/N=C(\NC)[C@@H]1CCCN1C(=O)OC(C)(C)C. The highest BCUT2D eigenvalue weighted by Crippen LogP contribution is 2.21. The smallest absolute Gasteiger partial charge is 0.410 e. The van der Waals surface area contributed by atoms with Gasteiger partial charge in [-0.1, -0.05) is 6.92 Å². The van der Waals surface area contributed by atoms with E-state index in [4.69, 9.17) is 4.74 Å². The molecular formula is C15H29N3O2. The highest BCUT2D eigenvalue weighted by atomic mass is 16.6. The van der Waals surface area contributed by atoms with Gasteiger partial charge in [0.25, 0.3) is 0 Å². The van der Waals surface area contributed by atoms with E-state index < -0.39 is 5.60 Å². The van der Waals surface area contributed by atoms with Gasteiger partial charge in [0.05, 0.1) is 6.04 Å². The van der Waals surface area contributed by atoms with Crippen LogP contribution in [0.2, 0.25) is 0 Å². The summed E-state index contributed by atoms with van der Waals surface area (Å²) in [4.78, 5) is 18.7. The molecule has 1 rings (SSSR count). The fourth-order valence-electron chi connectivity index (χ4n) is 2.24. The van der Waals surface area contributed by atoms with E-state index in [9.17, 15) is 4.79 Å². The number of carbonyl (C=O) groups excluding carboxylic acids is 1. The molecule has 1 aliphatic rings. The van der Waals surface area contributed by atoms with E-state index in [0.717, 1.165) is 31.6 Å². The molecule has 0 radical (unpaired) electrons. The number of ether oxygens (including phenoxy) is 1. The van der Waals surface area contributed by atoms with Gasteiger partial charge in [0.15, 0.2) is 0 Å². The van der Waals surface area contributed by atoms with Gasteiger partial charge in [0.1, 0.15) is 11.4 Å². The van der Waals surface area contributed by atoms with Crippen LogP contribution in [0.25, 0.3) is 0 Å². The van der Waals surface area contributed by atoms with Gasteiger partial charge in [0.2, 0.25) is 0 Å². The summed E-state index contributed by atoms with van der Waals surface area (Å²) in [5.74, 6) is 0.891. The molecule has 5 heteroatoms. The first-order chi connectivity index (χ1) is 9.28. The van der Waals surface area contributed by atoms with Crippen molar-refractivity contribution in [3.63, 3.8) is 0 Å².